The maximum absolute atomic E-state index is 13.2. The van der Waals surface area contributed by atoms with E-state index in [2.05, 4.69) is 4.98 Å². The fourth-order valence-electron chi connectivity index (χ4n) is 3.54. The Bertz CT molecular complexity index is 1490. The molecule has 0 atom stereocenters. The van der Waals surface area contributed by atoms with Crippen molar-refractivity contribution in [2.45, 2.75) is 0 Å². The lowest BCUT2D eigenvalue weighted by atomic mass is 10.1. The fraction of sp³-hybridized carbons (Fsp3) is 0.0435. The SMILES string of the molecule is COc1cccc(-c2cc(=O)c3ccc4[nH]c5ccccc5c(=O)c4c3o2)c1. The third-order valence-corrected chi connectivity index (χ3v) is 4.92. The van der Waals surface area contributed by atoms with Crippen molar-refractivity contribution in [3.63, 3.8) is 0 Å². The predicted molar refractivity (Wildman–Crippen MR) is 110 cm³/mol. The minimum Gasteiger partial charge on any atom is -0.497 e. The number of pyridine rings is 1. The van der Waals surface area contributed by atoms with E-state index in [1.807, 2.05) is 36.4 Å². The summed E-state index contributed by atoms with van der Waals surface area (Å²) in [6.07, 6.45) is 0. The zero-order valence-electron chi connectivity index (χ0n) is 15.0. The van der Waals surface area contributed by atoms with Gasteiger partial charge in [0.25, 0.3) is 0 Å². The number of hydrogen-bond donors (Lipinski definition) is 1. The Kier molecular flexibility index (Phi) is 3.55. The van der Waals surface area contributed by atoms with Crippen molar-refractivity contribution < 1.29 is 9.15 Å². The van der Waals surface area contributed by atoms with Gasteiger partial charge in [0.2, 0.25) is 5.43 Å². The Hall–Kier alpha value is -3.86. The Morgan fingerprint density at radius 3 is 2.57 bits per heavy atom. The Morgan fingerprint density at radius 1 is 0.857 bits per heavy atom. The molecule has 0 aliphatic heterocycles. The quantitative estimate of drug-likeness (QED) is 0.368. The minimum absolute atomic E-state index is 0.166. The molecule has 0 fully saturated rings. The van der Waals surface area contributed by atoms with Crippen LogP contribution in [0.25, 0.3) is 44.1 Å². The van der Waals surface area contributed by atoms with Crippen LogP contribution >= 0.6 is 0 Å². The van der Waals surface area contributed by atoms with Crippen molar-refractivity contribution in [3.05, 3.63) is 87.2 Å². The van der Waals surface area contributed by atoms with Crippen molar-refractivity contribution >= 4 is 32.8 Å². The maximum Gasteiger partial charge on any atom is 0.201 e. The standard InChI is InChI=1S/C23H15NO4/c1-27-14-6-4-5-13(11-14)20-12-19(25)16-9-10-18-21(23(16)28-20)22(26)15-7-2-3-8-17(15)24-18/h2-12H,1H3,(H,24,26). The van der Waals surface area contributed by atoms with Gasteiger partial charge in [0, 0.05) is 22.5 Å². The molecule has 0 amide bonds. The van der Waals surface area contributed by atoms with E-state index in [1.54, 1.807) is 31.4 Å². The number of rotatable bonds is 2. The fourth-order valence-corrected chi connectivity index (χ4v) is 3.54. The van der Waals surface area contributed by atoms with E-state index in [1.165, 1.54) is 6.07 Å². The van der Waals surface area contributed by atoms with Crippen LogP contribution in [-0.2, 0) is 0 Å². The number of fused-ring (bicyclic) bond motifs is 4. The molecule has 0 spiro atoms. The second-order valence-electron chi connectivity index (χ2n) is 6.57. The summed E-state index contributed by atoms with van der Waals surface area (Å²) in [5.41, 5.74) is 1.99. The van der Waals surface area contributed by atoms with Gasteiger partial charge in [-0.2, -0.15) is 0 Å². The van der Waals surface area contributed by atoms with E-state index in [0.717, 1.165) is 5.52 Å². The highest BCUT2D eigenvalue weighted by molar-refractivity contribution is 6.06. The molecule has 2 heterocycles. The maximum atomic E-state index is 13.2. The van der Waals surface area contributed by atoms with Gasteiger partial charge in [-0.1, -0.05) is 24.3 Å². The molecule has 5 rings (SSSR count). The van der Waals surface area contributed by atoms with Crippen LogP contribution in [0.15, 0.2) is 80.7 Å². The Balaban J connectivity index is 1.92. The molecule has 0 aliphatic carbocycles. The summed E-state index contributed by atoms with van der Waals surface area (Å²) in [5.74, 6) is 1.04. The number of ether oxygens (including phenoxy) is 1. The molecule has 5 heteroatoms. The lowest BCUT2D eigenvalue weighted by molar-refractivity contribution is 0.415. The van der Waals surface area contributed by atoms with E-state index >= 15 is 0 Å². The van der Waals surface area contributed by atoms with Crippen molar-refractivity contribution in [1.29, 1.82) is 0 Å². The number of nitrogens with one attached hydrogen (secondary N) is 1. The molecule has 0 bridgehead atoms. The topological polar surface area (TPSA) is 72.3 Å². The molecule has 0 saturated carbocycles. The average molecular weight is 369 g/mol. The summed E-state index contributed by atoms with van der Waals surface area (Å²) in [4.78, 5) is 29.2. The molecule has 1 N–H and O–H groups in total. The van der Waals surface area contributed by atoms with Crippen LogP contribution in [0.3, 0.4) is 0 Å². The minimum atomic E-state index is -0.200. The zero-order chi connectivity index (χ0) is 19.3. The summed E-state index contributed by atoms with van der Waals surface area (Å²) in [5, 5.41) is 1.30. The Labute approximate surface area is 158 Å². The van der Waals surface area contributed by atoms with Crippen LogP contribution in [0.4, 0.5) is 0 Å². The smallest absolute Gasteiger partial charge is 0.201 e. The highest BCUT2D eigenvalue weighted by Crippen LogP contribution is 2.28. The monoisotopic (exact) mass is 369 g/mol. The predicted octanol–water partition coefficient (Wildman–Crippen LogP) is 4.46. The largest absolute Gasteiger partial charge is 0.497 e. The lowest BCUT2D eigenvalue weighted by Crippen LogP contribution is -2.07. The number of benzene rings is 3. The number of aromatic amines is 1. The van der Waals surface area contributed by atoms with Gasteiger partial charge < -0.3 is 14.1 Å². The van der Waals surface area contributed by atoms with Gasteiger partial charge in [0.1, 0.15) is 11.5 Å². The third kappa shape index (κ3) is 2.41. The van der Waals surface area contributed by atoms with Gasteiger partial charge >= 0.3 is 0 Å². The number of para-hydroxylation sites is 1. The van der Waals surface area contributed by atoms with E-state index in [-0.39, 0.29) is 16.4 Å². The first-order valence-electron chi connectivity index (χ1n) is 8.82. The van der Waals surface area contributed by atoms with E-state index in [0.29, 0.717) is 38.7 Å². The number of H-pyrrole nitrogens is 1. The van der Waals surface area contributed by atoms with Crippen molar-refractivity contribution in [3.8, 4) is 17.1 Å². The molecule has 0 aliphatic rings. The van der Waals surface area contributed by atoms with Gasteiger partial charge in [-0.25, -0.2) is 0 Å². The number of methoxy groups -OCH3 is 1. The molecule has 28 heavy (non-hydrogen) atoms. The van der Waals surface area contributed by atoms with Gasteiger partial charge in [-0.05, 0) is 36.4 Å². The number of aromatic nitrogens is 1. The van der Waals surface area contributed by atoms with Crippen molar-refractivity contribution in [2.24, 2.45) is 0 Å². The molecule has 2 aromatic heterocycles. The van der Waals surface area contributed by atoms with Gasteiger partial charge in [-0.15, -0.1) is 0 Å². The first-order valence-corrected chi connectivity index (χ1v) is 8.82. The normalized spacial score (nSPS) is 11.3. The first-order chi connectivity index (χ1) is 13.7. The summed E-state index contributed by atoms with van der Waals surface area (Å²) >= 11 is 0. The van der Waals surface area contributed by atoms with E-state index < -0.39 is 0 Å². The van der Waals surface area contributed by atoms with Crippen LogP contribution in [0.2, 0.25) is 0 Å². The molecule has 0 saturated heterocycles. The first kappa shape index (κ1) is 16.3. The Morgan fingerprint density at radius 2 is 1.71 bits per heavy atom. The molecule has 136 valence electrons. The molecule has 0 radical (unpaired) electrons. The lowest BCUT2D eigenvalue weighted by Gasteiger charge is -2.08. The summed E-state index contributed by atoms with van der Waals surface area (Å²) in [6, 6.07) is 19.4. The summed E-state index contributed by atoms with van der Waals surface area (Å²) in [7, 11) is 1.58. The van der Waals surface area contributed by atoms with E-state index in [4.69, 9.17) is 9.15 Å². The van der Waals surface area contributed by atoms with Crippen LogP contribution in [-0.4, -0.2) is 12.1 Å². The second-order valence-corrected chi connectivity index (χ2v) is 6.57. The summed E-state index contributed by atoms with van der Waals surface area (Å²) in [6.45, 7) is 0. The van der Waals surface area contributed by atoms with Crippen LogP contribution < -0.4 is 15.6 Å². The highest BCUT2D eigenvalue weighted by atomic mass is 16.5. The third-order valence-electron chi connectivity index (χ3n) is 4.92. The zero-order valence-corrected chi connectivity index (χ0v) is 15.0. The van der Waals surface area contributed by atoms with Crippen molar-refractivity contribution in [2.75, 3.05) is 7.11 Å². The van der Waals surface area contributed by atoms with E-state index in [9.17, 15) is 9.59 Å². The molecular weight excluding hydrogens is 354 g/mol. The second kappa shape index (κ2) is 6.09. The molecule has 0 unspecified atom stereocenters. The highest BCUT2D eigenvalue weighted by Gasteiger charge is 2.14. The van der Waals surface area contributed by atoms with Crippen molar-refractivity contribution in [1.82, 2.24) is 4.98 Å². The molecule has 3 aromatic carbocycles. The van der Waals surface area contributed by atoms with Crippen LogP contribution in [0.1, 0.15) is 0 Å². The van der Waals surface area contributed by atoms with Crippen LogP contribution in [0.5, 0.6) is 5.75 Å². The molecule has 5 aromatic rings. The summed E-state index contributed by atoms with van der Waals surface area (Å²) < 4.78 is 11.4. The molecular formula is C23H15NO4. The van der Waals surface area contributed by atoms with Crippen LogP contribution in [0, 0.1) is 0 Å². The van der Waals surface area contributed by atoms with Gasteiger partial charge in [0.15, 0.2) is 11.0 Å². The van der Waals surface area contributed by atoms with Gasteiger partial charge in [-0.3, -0.25) is 9.59 Å². The average Bonchev–Trinajstić information content (AvgIpc) is 2.73. The van der Waals surface area contributed by atoms with Gasteiger partial charge in [0.05, 0.1) is 23.4 Å². The molecule has 5 nitrogen and oxygen atoms in total. The number of hydrogen-bond acceptors (Lipinski definition) is 4.